The fourth-order valence-corrected chi connectivity index (χ4v) is 1.64. The predicted octanol–water partition coefficient (Wildman–Crippen LogP) is 1.77. The van der Waals surface area contributed by atoms with Gasteiger partial charge in [0.25, 0.3) is 5.91 Å². The molecule has 0 radical (unpaired) electrons. The van der Waals surface area contributed by atoms with E-state index < -0.39 is 0 Å². The first-order chi connectivity index (χ1) is 8.10. The Balaban J connectivity index is 2.87. The highest BCUT2D eigenvalue weighted by atomic mass is 35.5. The molecule has 94 valence electrons. The zero-order chi connectivity index (χ0) is 12.8. The standard InChI is InChI=1S/C12H17ClN2O2/c1-15(7-3-6-14)12(16)10-5-4-9(13)8-11(10)17-2/h4-5,8H,3,6-7,14H2,1-2H3. The van der Waals surface area contributed by atoms with Crippen molar-refractivity contribution in [1.29, 1.82) is 0 Å². The molecule has 0 heterocycles. The van der Waals surface area contributed by atoms with Crippen molar-refractivity contribution in [2.45, 2.75) is 6.42 Å². The quantitative estimate of drug-likeness (QED) is 0.874. The van der Waals surface area contributed by atoms with Crippen LogP contribution in [0.25, 0.3) is 0 Å². The van der Waals surface area contributed by atoms with E-state index in [1.807, 2.05) is 0 Å². The van der Waals surface area contributed by atoms with E-state index in [2.05, 4.69) is 0 Å². The van der Waals surface area contributed by atoms with Gasteiger partial charge in [-0.3, -0.25) is 4.79 Å². The summed E-state index contributed by atoms with van der Waals surface area (Å²) in [6, 6.07) is 4.97. The minimum absolute atomic E-state index is 0.0908. The highest BCUT2D eigenvalue weighted by molar-refractivity contribution is 6.30. The first-order valence-electron chi connectivity index (χ1n) is 5.39. The fraction of sp³-hybridized carbons (Fsp3) is 0.417. The van der Waals surface area contributed by atoms with Crippen molar-refractivity contribution in [3.05, 3.63) is 28.8 Å². The van der Waals surface area contributed by atoms with Crippen LogP contribution in [0.3, 0.4) is 0 Å². The molecule has 1 aromatic rings. The summed E-state index contributed by atoms with van der Waals surface area (Å²) >= 11 is 5.84. The molecule has 4 nitrogen and oxygen atoms in total. The second-order valence-corrected chi connectivity index (χ2v) is 4.15. The fourth-order valence-electron chi connectivity index (χ4n) is 1.48. The molecule has 0 unspecified atom stereocenters. The third kappa shape index (κ3) is 3.61. The molecule has 17 heavy (non-hydrogen) atoms. The smallest absolute Gasteiger partial charge is 0.257 e. The van der Waals surface area contributed by atoms with Gasteiger partial charge in [0.05, 0.1) is 12.7 Å². The van der Waals surface area contributed by atoms with Crippen LogP contribution in [-0.2, 0) is 0 Å². The number of hydrogen-bond acceptors (Lipinski definition) is 3. The summed E-state index contributed by atoms with van der Waals surface area (Å²) in [7, 11) is 3.26. The highest BCUT2D eigenvalue weighted by Gasteiger charge is 2.16. The number of ether oxygens (including phenoxy) is 1. The Morgan fingerprint density at radius 2 is 2.24 bits per heavy atom. The third-order valence-electron chi connectivity index (χ3n) is 2.44. The van der Waals surface area contributed by atoms with Crippen molar-refractivity contribution in [1.82, 2.24) is 4.90 Å². The first-order valence-corrected chi connectivity index (χ1v) is 5.77. The van der Waals surface area contributed by atoms with E-state index in [1.54, 1.807) is 30.1 Å². The number of methoxy groups -OCH3 is 1. The Bertz CT molecular complexity index is 396. The van der Waals surface area contributed by atoms with Gasteiger partial charge in [0.2, 0.25) is 0 Å². The molecular formula is C12H17ClN2O2. The van der Waals surface area contributed by atoms with Crippen molar-refractivity contribution in [3.8, 4) is 5.75 Å². The van der Waals surface area contributed by atoms with E-state index in [0.29, 0.717) is 29.4 Å². The number of carbonyl (C=O) groups is 1. The third-order valence-corrected chi connectivity index (χ3v) is 2.67. The number of nitrogens with zero attached hydrogens (tertiary/aromatic N) is 1. The Kier molecular flexibility index (Phi) is 5.25. The maximum atomic E-state index is 12.1. The maximum absolute atomic E-state index is 12.1. The summed E-state index contributed by atoms with van der Waals surface area (Å²) in [4.78, 5) is 13.7. The summed E-state index contributed by atoms with van der Waals surface area (Å²) in [6.45, 7) is 1.19. The minimum atomic E-state index is -0.0908. The lowest BCUT2D eigenvalue weighted by atomic mass is 10.1. The Morgan fingerprint density at radius 1 is 1.53 bits per heavy atom. The number of nitrogens with two attached hydrogens (primary N) is 1. The molecule has 0 aliphatic carbocycles. The van der Waals surface area contributed by atoms with Gasteiger partial charge in [0, 0.05) is 18.6 Å². The molecule has 0 aliphatic heterocycles. The average molecular weight is 257 g/mol. The lowest BCUT2D eigenvalue weighted by molar-refractivity contribution is 0.0791. The molecule has 1 amide bonds. The molecule has 0 atom stereocenters. The lowest BCUT2D eigenvalue weighted by Crippen LogP contribution is -2.29. The van der Waals surface area contributed by atoms with Gasteiger partial charge in [0.15, 0.2) is 0 Å². The van der Waals surface area contributed by atoms with Crippen LogP contribution in [0.5, 0.6) is 5.75 Å². The summed E-state index contributed by atoms with van der Waals surface area (Å²) in [5.74, 6) is 0.397. The van der Waals surface area contributed by atoms with Crippen molar-refractivity contribution < 1.29 is 9.53 Å². The van der Waals surface area contributed by atoms with Crippen LogP contribution >= 0.6 is 11.6 Å². The molecule has 2 N–H and O–H groups in total. The van der Waals surface area contributed by atoms with Gasteiger partial charge in [-0.25, -0.2) is 0 Å². The molecular weight excluding hydrogens is 240 g/mol. The second kappa shape index (κ2) is 6.47. The SMILES string of the molecule is COc1cc(Cl)ccc1C(=O)N(C)CCCN. The molecule has 0 saturated carbocycles. The predicted molar refractivity (Wildman–Crippen MR) is 68.6 cm³/mol. The second-order valence-electron chi connectivity index (χ2n) is 3.71. The van der Waals surface area contributed by atoms with Gasteiger partial charge in [-0.1, -0.05) is 11.6 Å². The number of halogens is 1. The van der Waals surface area contributed by atoms with Crippen molar-refractivity contribution >= 4 is 17.5 Å². The summed E-state index contributed by atoms with van der Waals surface area (Å²) in [5, 5.41) is 0.544. The van der Waals surface area contributed by atoms with E-state index in [1.165, 1.54) is 7.11 Å². The van der Waals surface area contributed by atoms with Crippen LogP contribution < -0.4 is 10.5 Å². The van der Waals surface area contributed by atoms with Crippen LogP contribution in [-0.4, -0.2) is 38.1 Å². The van der Waals surface area contributed by atoms with Crippen LogP contribution in [0.1, 0.15) is 16.8 Å². The van der Waals surface area contributed by atoms with Crippen LogP contribution in [0.4, 0.5) is 0 Å². The summed E-state index contributed by atoms with van der Waals surface area (Å²) < 4.78 is 5.15. The molecule has 0 aliphatic rings. The van der Waals surface area contributed by atoms with Gasteiger partial charge in [-0.15, -0.1) is 0 Å². The van der Waals surface area contributed by atoms with E-state index in [-0.39, 0.29) is 5.91 Å². The van der Waals surface area contributed by atoms with Crippen LogP contribution in [0, 0.1) is 0 Å². The molecule has 0 saturated heterocycles. The number of carbonyl (C=O) groups excluding carboxylic acids is 1. The molecule has 0 fully saturated rings. The molecule has 1 aromatic carbocycles. The largest absolute Gasteiger partial charge is 0.496 e. The van der Waals surface area contributed by atoms with Crippen LogP contribution in [0.15, 0.2) is 18.2 Å². The minimum Gasteiger partial charge on any atom is -0.496 e. The zero-order valence-corrected chi connectivity index (χ0v) is 10.8. The molecule has 1 rings (SSSR count). The molecule has 0 aromatic heterocycles. The molecule has 0 spiro atoms. The van der Waals surface area contributed by atoms with E-state index >= 15 is 0 Å². The van der Waals surface area contributed by atoms with Gasteiger partial charge in [-0.05, 0) is 31.2 Å². The zero-order valence-electron chi connectivity index (χ0n) is 10.1. The summed E-state index contributed by atoms with van der Waals surface area (Å²) in [5.41, 5.74) is 5.92. The van der Waals surface area contributed by atoms with Gasteiger partial charge in [-0.2, -0.15) is 0 Å². The van der Waals surface area contributed by atoms with Crippen molar-refractivity contribution in [3.63, 3.8) is 0 Å². The molecule has 0 bridgehead atoms. The number of amides is 1. The number of rotatable bonds is 5. The number of benzene rings is 1. The van der Waals surface area contributed by atoms with Gasteiger partial charge >= 0.3 is 0 Å². The first kappa shape index (κ1) is 13.8. The summed E-state index contributed by atoms with van der Waals surface area (Å²) in [6.07, 6.45) is 0.776. The topological polar surface area (TPSA) is 55.6 Å². The van der Waals surface area contributed by atoms with Gasteiger partial charge in [0.1, 0.15) is 5.75 Å². The Hall–Kier alpha value is -1.26. The van der Waals surface area contributed by atoms with E-state index in [4.69, 9.17) is 22.1 Å². The maximum Gasteiger partial charge on any atom is 0.257 e. The van der Waals surface area contributed by atoms with Crippen molar-refractivity contribution in [2.24, 2.45) is 5.73 Å². The van der Waals surface area contributed by atoms with Crippen molar-refractivity contribution in [2.75, 3.05) is 27.2 Å². The van der Waals surface area contributed by atoms with Gasteiger partial charge < -0.3 is 15.4 Å². The monoisotopic (exact) mass is 256 g/mol. The lowest BCUT2D eigenvalue weighted by Gasteiger charge is -2.18. The molecule has 5 heteroatoms. The average Bonchev–Trinajstić information content (AvgIpc) is 2.34. The Labute approximate surface area is 106 Å². The normalized spacial score (nSPS) is 10.1. The number of hydrogen-bond donors (Lipinski definition) is 1. The van der Waals surface area contributed by atoms with E-state index in [9.17, 15) is 4.79 Å². The Morgan fingerprint density at radius 3 is 2.82 bits per heavy atom. The highest BCUT2D eigenvalue weighted by Crippen LogP contribution is 2.24. The van der Waals surface area contributed by atoms with E-state index in [0.717, 1.165) is 6.42 Å². The van der Waals surface area contributed by atoms with Crippen LogP contribution in [0.2, 0.25) is 5.02 Å².